The van der Waals surface area contributed by atoms with E-state index in [2.05, 4.69) is 21.2 Å². The van der Waals surface area contributed by atoms with Gasteiger partial charge >= 0.3 is 0 Å². The van der Waals surface area contributed by atoms with E-state index < -0.39 is 0 Å². The van der Waals surface area contributed by atoms with Crippen LogP contribution >= 0.6 is 0 Å². The molecule has 3 unspecified atom stereocenters. The van der Waals surface area contributed by atoms with Crippen LogP contribution in [0.5, 0.6) is 5.75 Å². The lowest BCUT2D eigenvalue weighted by Crippen LogP contribution is -2.50. The summed E-state index contributed by atoms with van der Waals surface area (Å²) in [5.41, 5.74) is 7.88. The van der Waals surface area contributed by atoms with E-state index in [4.69, 9.17) is 4.74 Å². The lowest BCUT2D eigenvalue weighted by Gasteiger charge is -2.33. The summed E-state index contributed by atoms with van der Waals surface area (Å²) in [6, 6.07) is 12.7. The van der Waals surface area contributed by atoms with Crippen molar-refractivity contribution in [2.24, 2.45) is 5.92 Å². The van der Waals surface area contributed by atoms with Gasteiger partial charge in [-0.25, -0.2) is 10.9 Å². The van der Waals surface area contributed by atoms with Crippen LogP contribution in [0, 0.1) is 5.92 Å². The summed E-state index contributed by atoms with van der Waals surface area (Å²) in [6.07, 6.45) is 3.97. The summed E-state index contributed by atoms with van der Waals surface area (Å²) in [6.45, 7) is 1.11. The van der Waals surface area contributed by atoms with Gasteiger partial charge in [-0.2, -0.15) is 0 Å². The molecule has 0 saturated carbocycles. The Morgan fingerprint density at radius 1 is 1.20 bits per heavy atom. The van der Waals surface area contributed by atoms with E-state index in [1.54, 1.807) is 24.3 Å². The number of rotatable bonds is 5. The van der Waals surface area contributed by atoms with Crippen molar-refractivity contribution in [3.05, 3.63) is 54.4 Å². The number of nitrogens with zero attached hydrogens (tertiary/aromatic N) is 2. The smallest absolute Gasteiger partial charge is 0.241 e. The Balaban J connectivity index is 1.34. The van der Waals surface area contributed by atoms with Crippen LogP contribution in [0.1, 0.15) is 31.0 Å². The van der Waals surface area contributed by atoms with E-state index in [9.17, 15) is 9.59 Å². The molecule has 3 heterocycles. The van der Waals surface area contributed by atoms with Crippen molar-refractivity contribution in [3.63, 3.8) is 0 Å². The molecule has 2 amide bonds. The largest absolute Gasteiger partial charge is 0.497 e. The summed E-state index contributed by atoms with van der Waals surface area (Å²) < 4.78 is 5.21. The van der Waals surface area contributed by atoms with Gasteiger partial charge in [0, 0.05) is 31.0 Å². The standard InChI is InChI=1S/C22H27N5O3/c1-30-17-8-4-7-16(12-17)24-21(28)15-6-5-11-27(14-15)22(29)20-13-19(25-26-20)18-9-2-3-10-23-18/h2-4,7-10,12,15,19-20,25-26H,5-6,11,13-14H2,1H3,(H,24,28). The minimum Gasteiger partial charge on any atom is -0.497 e. The van der Waals surface area contributed by atoms with Crippen molar-refractivity contribution in [1.82, 2.24) is 20.7 Å². The van der Waals surface area contributed by atoms with Gasteiger partial charge in [0.1, 0.15) is 11.8 Å². The number of methoxy groups -OCH3 is 1. The highest BCUT2D eigenvalue weighted by Gasteiger charge is 2.36. The fourth-order valence-electron chi connectivity index (χ4n) is 4.05. The van der Waals surface area contributed by atoms with Crippen LogP contribution in [0.25, 0.3) is 0 Å². The summed E-state index contributed by atoms with van der Waals surface area (Å²) in [5, 5.41) is 2.95. The fraction of sp³-hybridized carbons (Fsp3) is 0.409. The van der Waals surface area contributed by atoms with Crippen molar-refractivity contribution in [3.8, 4) is 5.75 Å². The molecule has 2 aliphatic rings. The third-order valence-electron chi connectivity index (χ3n) is 5.69. The number of benzene rings is 1. The molecule has 8 nitrogen and oxygen atoms in total. The van der Waals surface area contributed by atoms with Crippen LogP contribution in [0.15, 0.2) is 48.7 Å². The van der Waals surface area contributed by atoms with Crippen LogP contribution < -0.4 is 20.9 Å². The molecule has 3 atom stereocenters. The first-order valence-corrected chi connectivity index (χ1v) is 10.3. The zero-order valence-corrected chi connectivity index (χ0v) is 17.0. The number of likely N-dealkylation sites (tertiary alicyclic amines) is 1. The molecule has 0 bridgehead atoms. The number of pyridine rings is 1. The number of ether oxygens (including phenoxy) is 1. The average molecular weight is 409 g/mol. The molecule has 8 heteroatoms. The number of anilines is 1. The number of nitrogens with one attached hydrogen (secondary N) is 3. The summed E-state index contributed by atoms with van der Waals surface area (Å²) in [4.78, 5) is 32.0. The highest BCUT2D eigenvalue weighted by Crippen LogP contribution is 2.25. The molecule has 2 saturated heterocycles. The molecule has 1 aromatic heterocycles. The molecule has 1 aromatic carbocycles. The fourth-order valence-corrected chi connectivity index (χ4v) is 4.05. The highest BCUT2D eigenvalue weighted by molar-refractivity contribution is 5.93. The van der Waals surface area contributed by atoms with E-state index >= 15 is 0 Å². The topological polar surface area (TPSA) is 95.6 Å². The Bertz CT molecular complexity index is 891. The van der Waals surface area contributed by atoms with Crippen molar-refractivity contribution in [2.75, 3.05) is 25.5 Å². The quantitative estimate of drug-likeness (QED) is 0.698. The first-order chi connectivity index (χ1) is 14.6. The number of amides is 2. The Morgan fingerprint density at radius 3 is 2.90 bits per heavy atom. The van der Waals surface area contributed by atoms with Gasteiger partial charge in [0.05, 0.1) is 24.8 Å². The number of carbonyl (C=O) groups is 2. The molecule has 0 aliphatic carbocycles. The first-order valence-electron chi connectivity index (χ1n) is 10.3. The van der Waals surface area contributed by atoms with Gasteiger partial charge in [0.2, 0.25) is 11.8 Å². The third kappa shape index (κ3) is 4.60. The van der Waals surface area contributed by atoms with Gasteiger partial charge in [-0.1, -0.05) is 12.1 Å². The number of piperidine rings is 1. The highest BCUT2D eigenvalue weighted by atomic mass is 16.5. The molecule has 158 valence electrons. The normalized spacial score (nSPS) is 23.8. The second-order valence-corrected chi connectivity index (χ2v) is 7.73. The van der Waals surface area contributed by atoms with Crippen LogP contribution in [-0.2, 0) is 9.59 Å². The third-order valence-corrected chi connectivity index (χ3v) is 5.69. The molecule has 3 N–H and O–H groups in total. The van der Waals surface area contributed by atoms with Crippen LogP contribution in [0.2, 0.25) is 0 Å². The number of aromatic nitrogens is 1. The monoisotopic (exact) mass is 409 g/mol. The van der Waals surface area contributed by atoms with Gasteiger partial charge in [0.25, 0.3) is 0 Å². The zero-order valence-electron chi connectivity index (χ0n) is 17.0. The SMILES string of the molecule is COc1cccc(NC(=O)C2CCCN(C(=O)C3CC(c4ccccn4)NN3)C2)c1. The Hall–Kier alpha value is -2.97. The van der Waals surface area contributed by atoms with Gasteiger partial charge in [-0.3, -0.25) is 14.6 Å². The summed E-state index contributed by atoms with van der Waals surface area (Å²) in [5.74, 6) is 0.426. The van der Waals surface area contributed by atoms with E-state index in [-0.39, 0.29) is 29.8 Å². The molecular weight excluding hydrogens is 382 g/mol. The van der Waals surface area contributed by atoms with Crippen molar-refractivity contribution < 1.29 is 14.3 Å². The predicted molar refractivity (Wildman–Crippen MR) is 113 cm³/mol. The maximum absolute atomic E-state index is 13.0. The van der Waals surface area contributed by atoms with Crippen molar-refractivity contribution >= 4 is 17.5 Å². The Morgan fingerprint density at radius 2 is 2.10 bits per heavy atom. The van der Waals surface area contributed by atoms with Gasteiger partial charge in [-0.05, 0) is 43.5 Å². The lowest BCUT2D eigenvalue weighted by molar-refractivity contribution is -0.136. The first kappa shape index (κ1) is 20.3. The van der Waals surface area contributed by atoms with E-state index in [0.29, 0.717) is 30.9 Å². The average Bonchev–Trinajstić information content (AvgIpc) is 3.30. The number of carbonyl (C=O) groups excluding carboxylic acids is 2. The van der Waals surface area contributed by atoms with Crippen LogP contribution in [-0.4, -0.2) is 47.9 Å². The predicted octanol–water partition coefficient (Wildman–Crippen LogP) is 1.88. The minimum absolute atomic E-state index is 0.00269. The Kier molecular flexibility index (Phi) is 6.25. The minimum atomic E-state index is -0.322. The van der Waals surface area contributed by atoms with Gasteiger partial charge < -0.3 is 15.0 Å². The van der Waals surface area contributed by atoms with Gasteiger partial charge in [0.15, 0.2) is 0 Å². The summed E-state index contributed by atoms with van der Waals surface area (Å²) >= 11 is 0. The zero-order chi connectivity index (χ0) is 20.9. The number of hydrogen-bond donors (Lipinski definition) is 3. The van der Waals surface area contributed by atoms with E-state index in [1.807, 2.05) is 36.4 Å². The maximum Gasteiger partial charge on any atom is 0.241 e. The van der Waals surface area contributed by atoms with Crippen LogP contribution in [0.3, 0.4) is 0 Å². The molecule has 2 aromatic rings. The number of hydrogen-bond acceptors (Lipinski definition) is 6. The van der Waals surface area contributed by atoms with Crippen LogP contribution in [0.4, 0.5) is 5.69 Å². The van der Waals surface area contributed by atoms with E-state index in [1.165, 1.54) is 0 Å². The van der Waals surface area contributed by atoms with Crippen molar-refractivity contribution in [2.45, 2.75) is 31.3 Å². The lowest BCUT2D eigenvalue weighted by atomic mass is 9.96. The van der Waals surface area contributed by atoms with E-state index in [0.717, 1.165) is 18.5 Å². The number of hydrazine groups is 1. The maximum atomic E-state index is 13.0. The molecular formula is C22H27N5O3. The summed E-state index contributed by atoms with van der Waals surface area (Å²) in [7, 11) is 1.59. The second-order valence-electron chi connectivity index (χ2n) is 7.73. The molecule has 2 fully saturated rings. The second kappa shape index (κ2) is 9.23. The molecule has 4 rings (SSSR count). The Labute approximate surface area is 176 Å². The molecule has 2 aliphatic heterocycles. The van der Waals surface area contributed by atoms with Gasteiger partial charge in [-0.15, -0.1) is 0 Å². The van der Waals surface area contributed by atoms with Crippen molar-refractivity contribution in [1.29, 1.82) is 0 Å². The molecule has 0 spiro atoms. The molecule has 0 radical (unpaired) electrons. The molecule has 30 heavy (non-hydrogen) atoms.